The van der Waals surface area contributed by atoms with Crippen LogP contribution in [0.1, 0.15) is 48.2 Å². The molecule has 34 heavy (non-hydrogen) atoms. The minimum absolute atomic E-state index is 0.00312. The average molecular weight is 471 g/mol. The third-order valence-corrected chi connectivity index (χ3v) is 6.22. The Labute approximate surface area is 194 Å². The van der Waals surface area contributed by atoms with Crippen molar-refractivity contribution in [2.45, 2.75) is 51.9 Å². The number of amides is 2. The molecule has 2 aromatic rings. The van der Waals surface area contributed by atoms with Crippen LogP contribution in [0.25, 0.3) is 0 Å². The van der Waals surface area contributed by atoms with Gasteiger partial charge in [-0.15, -0.1) is 0 Å². The lowest BCUT2D eigenvalue weighted by molar-refractivity contribution is -0.190. The number of aromatic nitrogens is 1. The van der Waals surface area contributed by atoms with Gasteiger partial charge in [-0.25, -0.2) is 0 Å². The zero-order valence-electron chi connectivity index (χ0n) is 19.0. The van der Waals surface area contributed by atoms with Gasteiger partial charge >= 0.3 is 6.18 Å². The SMILES string of the molecule is Cc1ccc(C(=O)N[C@]2(C(F)(F)F)C(=O)N(Cc3cccnc3)C3=C2C(=O)CC(C)(C)C3)cc1. The molecule has 1 aromatic heterocycles. The van der Waals surface area contributed by atoms with Crippen molar-refractivity contribution in [3.05, 3.63) is 76.8 Å². The monoisotopic (exact) mass is 471 g/mol. The lowest BCUT2D eigenvalue weighted by Crippen LogP contribution is -2.66. The number of carbonyl (C=O) groups excluding carboxylic acids is 3. The molecule has 1 aromatic carbocycles. The molecule has 1 atom stereocenters. The number of rotatable bonds is 4. The molecule has 0 unspecified atom stereocenters. The Kier molecular flexibility index (Phi) is 5.62. The van der Waals surface area contributed by atoms with Crippen LogP contribution < -0.4 is 5.32 Å². The van der Waals surface area contributed by atoms with Gasteiger partial charge in [-0.05, 0) is 42.5 Å². The van der Waals surface area contributed by atoms with E-state index in [9.17, 15) is 27.6 Å². The molecule has 178 valence electrons. The molecule has 2 amide bonds. The molecular weight excluding hydrogens is 447 g/mol. The Morgan fingerprint density at radius 1 is 1.12 bits per heavy atom. The molecule has 0 saturated carbocycles. The highest BCUT2D eigenvalue weighted by atomic mass is 19.4. The van der Waals surface area contributed by atoms with Crippen LogP contribution in [0.5, 0.6) is 0 Å². The van der Waals surface area contributed by atoms with Crippen LogP contribution in [0.15, 0.2) is 60.1 Å². The fourth-order valence-corrected chi connectivity index (χ4v) is 4.61. The van der Waals surface area contributed by atoms with Gasteiger partial charge in [-0.2, -0.15) is 13.2 Å². The first kappa shape index (κ1) is 23.7. The molecule has 1 N–H and O–H groups in total. The van der Waals surface area contributed by atoms with Gasteiger partial charge in [0.1, 0.15) is 0 Å². The summed E-state index contributed by atoms with van der Waals surface area (Å²) in [7, 11) is 0. The molecular formula is C25H24F3N3O3. The Morgan fingerprint density at radius 3 is 2.38 bits per heavy atom. The number of ketones is 1. The number of allylic oxidation sites excluding steroid dienone is 1. The van der Waals surface area contributed by atoms with Crippen LogP contribution in [0.4, 0.5) is 13.2 Å². The molecule has 0 spiro atoms. The Balaban J connectivity index is 1.86. The quantitative estimate of drug-likeness (QED) is 0.728. The summed E-state index contributed by atoms with van der Waals surface area (Å²) in [6, 6.07) is 9.16. The molecule has 2 aliphatic rings. The highest BCUT2D eigenvalue weighted by Gasteiger charge is 2.71. The van der Waals surface area contributed by atoms with Crippen molar-refractivity contribution in [2.75, 3.05) is 0 Å². The number of pyridine rings is 1. The fraction of sp³-hybridized carbons (Fsp3) is 0.360. The van der Waals surface area contributed by atoms with Crippen LogP contribution in [0, 0.1) is 12.3 Å². The second kappa shape index (κ2) is 8.07. The number of alkyl halides is 3. The summed E-state index contributed by atoms with van der Waals surface area (Å²) in [6.45, 7) is 5.10. The molecule has 9 heteroatoms. The predicted molar refractivity (Wildman–Crippen MR) is 117 cm³/mol. The third-order valence-electron chi connectivity index (χ3n) is 6.22. The maximum absolute atomic E-state index is 14.8. The van der Waals surface area contributed by atoms with Crippen molar-refractivity contribution in [3.63, 3.8) is 0 Å². The molecule has 0 bridgehead atoms. The zero-order chi connectivity index (χ0) is 24.9. The van der Waals surface area contributed by atoms with Crippen LogP contribution in [0.2, 0.25) is 0 Å². The van der Waals surface area contributed by atoms with Gasteiger partial charge in [0.2, 0.25) is 5.54 Å². The van der Waals surface area contributed by atoms with Crippen molar-refractivity contribution in [3.8, 4) is 0 Å². The number of Topliss-reactive ketones (excluding diaryl/α,β-unsaturated/α-hetero) is 1. The fourth-order valence-electron chi connectivity index (χ4n) is 4.61. The number of nitrogens with one attached hydrogen (secondary N) is 1. The maximum Gasteiger partial charge on any atom is 0.425 e. The minimum atomic E-state index is -5.24. The van der Waals surface area contributed by atoms with Gasteiger partial charge in [0, 0.05) is 30.1 Å². The van der Waals surface area contributed by atoms with Crippen LogP contribution in [-0.4, -0.2) is 39.2 Å². The number of benzene rings is 1. The van der Waals surface area contributed by atoms with E-state index in [0.29, 0.717) is 5.56 Å². The van der Waals surface area contributed by atoms with Gasteiger partial charge in [-0.1, -0.05) is 37.6 Å². The summed E-state index contributed by atoms with van der Waals surface area (Å²) < 4.78 is 44.4. The highest BCUT2D eigenvalue weighted by molar-refractivity contribution is 6.14. The standard InChI is InChI=1S/C25H24F3N3O3/c1-15-6-8-17(9-7-15)21(33)30-24(25(26,27)28)20-18(11-23(2,3)12-19(20)32)31(22(24)34)14-16-5-4-10-29-13-16/h4-10,13H,11-12,14H2,1-3H3,(H,30,33)/t24-/m0/s1. The second-order valence-electron chi connectivity index (χ2n) is 9.58. The summed E-state index contributed by atoms with van der Waals surface area (Å²) >= 11 is 0. The van der Waals surface area contributed by atoms with E-state index in [1.54, 1.807) is 45.0 Å². The summed E-state index contributed by atoms with van der Waals surface area (Å²) in [4.78, 5) is 44.7. The maximum atomic E-state index is 14.8. The smallest absolute Gasteiger partial charge is 0.326 e. The average Bonchev–Trinajstić information content (AvgIpc) is 2.97. The van der Waals surface area contributed by atoms with Crippen molar-refractivity contribution in [1.82, 2.24) is 15.2 Å². The van der Waals surface area contributed by atoms with Crippen LogP contribution >= 0.6 is 0 Å². The van der Waals surface area contributed by atoms with E-state index in [2.05, 4.69) is 4.98 Å². The summed E-state index contributed by atoms with van der Waals surface area (Å²) in [5.74, 6) is -3.27. The first-order valence-electron chi connectivity index (χ1n) is 10.8. The van der Waals surface area contributed by atoms with Crippen LogP contribution in [0.3, 0.4) is 0 Å². The highest BCUT2D eigenvalue weighted by Crippen LogP contribution is 2.52. The van der Waals surface area contributed by atoms with Gasteiger partial charge < -0.3 is 10.2 Å². The largest absolute Gasteiger partial charge is 0.425 e. The molecule has 6 nitrogen and oxygen atoms in total. The van der Waals surface area contributed by atoms with Crippen molar-refractivity contribution >= 4 is 17.6 Å². The van der Waals surface area contributed by atoms with E-state index in [4.69, 9.17) is 0 Å². The molecule has 4 rings (SSSR count). The number of halogens is 3. The van der Waals surface area contributed by atoms with Gasteiger partial charge in [0.05, 0.1) is 12.1 Å². The lowest BCUT2D eigenvalue weighted by Gasteiger charge is -2.35. The minimum Gasteiger partial charge on any atom is -0.326 e. The summed E-state index contributed by atoms with van der Waals surface area (Å²) in [5.41, 5.74) is -3.52. The summed E-state index contributed by atoms with van der Waals surface area (Å²) in [5, 5.41) is 1.94. The Hall–Kier alpha value is -3.49. The van der Waals surface area contributed by atoms with Gasteiger partial charge in [-0.3, -0.25) is 19.4 Å². The van der Waals surface area contributed by atoms with E-state index in [-0.39, 0.29) is 30.6 Å². The second-order valence-corrected chi connectivity index (χ2v) is 9.58. The summed E-state index contributed by atoms with van der Waals surface area (Å²) in [6.07, 6.45) is -2.38. The molecule has 0 fully saturated rings. The van der Waals surface area contributed by atoms with E-state index < -0.39 is 40.3 Å². The van der Waals surface area contributed by atoms with E-state index in [1.807, 2.05) is 5.32 Å². The first-order valence-corrected chi connectivity index (χ1v) is 10.8. The zero-order valence-corrected chi connectivity index (χ0v) is 19.0. The normalized spacial score (nSPS) is 22.1. The van der Waals surface area contributed by atoms with Gasteiger partial charge in [0.15, 0.2) is 5.78 Å². The Morgan fingerprint density at radius 2 is 1.79 bits per heavy atom. The number of aryl methyl sites for hydroxylation is 1. The van der Waals surface area contributed by atoms with E-state index in [1.165, 1.54) is 24.5 Å². The van der Waals surface area contributed by atoms with Crippen molar-refractivity contribution in [1.29, 1.82) is 0 Å². The first-order chi connectivity index (χ1) is 15.9. The molecule has 2 heterocycles. The van der Waals surface area contributed by atoms with Crippen LogP contribution in [-0.2, 0) is 16.1 Å². The van der Waals surface area contributed by atoms with Crippen molar-refractivity contribution in [2.24, 2.45) is 5.41 Å². The predicted octanol–water partition coefficient (Wildman–Crippen LogP) is 4.11. The molecule has 0 radical (unpaired) electrons. The number of nitrogens with zero attached hydrogens (tertiary/aromatic N) is 2. The van der Waals surface area contributed by atoms with E-state index >= 15 is 0 Å². The molecule has 1 aliphatic carbocycles. The number of hydrogen-bond donors (Lipinski definition) is 1. The molecule has 0 saturated heterocycles. The number of hydrogen-bond acceptors (Lipinski definition) is 4. The van der Waals surface area contributed by atoms with Crippen molar-refractivity contribution < 1.29 is 27.6 Å². The number of carbonyl (C=O) groups is 3. The lowest BCUT2D eigenvalue weighted by atomic mass is 9.72. The topological polar surface area (TPSA) is 79.4 Å². The third kappa shape index (κ3) is 3.89. The van der Waals surface area contributed by atoms with E-state index in [0.717, 1.165) is 10.5 Å². The van der Waals surface area contributed by atoms with Gasteiger partial charge in [0.25, 0.3) is 11.8 Å². The molecule has 1 aliphatic heterocycles. The Bertz CT molecular complexity index is 1190.